The van der Waals surface area contributed by atoms with Gasteiger partial charge in [0.05, 0.1) is 40.5 Å². The number of methoxy groups -OCH3 is 2. The van der Waals surface area contributed by atoms with Crippen LogP contribution in [0.1, 0.15) is 61.8 Å². The van der Waals surface area contributed by atoms with Crippen molar-refractivity contribution in [2.45, 2.75) is 66.1 Å². The van der Waals surface area contributed by atoms with E-state index in [4.69, 9.17) is 23.7 Å². The first kappa shape index (κ1) is 33.2. The van der Waals surface area contributed by atoms with Crippen LogP contribution >= 0.6 is 0 Å². The largest absolute Gasteiger partial charge is 0.493 e. The third kappa shape index (κ3) is 9.62. The lowest BCUT2D eigenvalue weighted by molar-refractivity contribution is -0.144. The molecule has 0 saturated carbocycles. The number of hydrogen-bond donors (Lipinski definition) is 1. The molecule has 3 rings (SSSR count). The Morgan fingerprint density at radius 2 is 1.53 bits per heavy atom. The zero-order valence-corrected chi connectivity index (χ0v) is 25.7. The highest BCUT2D eigenvalue weighted by molar-refractivity contribution is 5.81. The number of benzene rings is 2. The van der Waals surface area contributed by atoms with Crippen molar-refractivity contribution in [3.8, 4) is 23.0 Å². The average molecular weight is 599 g/mol. The first-order chi connectivity index (χ1) is 20.7. The van der Waals surface area contributed by atoms with Crippen LogP contribution in [0.5, 0.6) is 23.0 Å². The van der Waals surface area contributed by atoms with E-state index < -0.39 is 5.97 Å². The fourth-order valence-electron chi connectivity index (χ4n) is 4.63. The van der Waals surface area contributed by atoms with Gasteiger partial charge in [0.2, 0.25) is 11.8 Å². The Hall–Kier alpha value is -4.28. The van der Waals surface area contributed by atoms with Gasteiger partial charge in [-0.2, -0.15) is 0 Å². The van der Waals surface area contributed by atoms with E-state index in [9.17, 15) is 19.2 Å². The summed E-state index contributed by atoms with van der Waals surface area (Å²) >= 11 is 0. The van der Waals surface area contributed by atoms with Gasteiger partial charge in [0.15, 0.2) is 23.0 Å². The second-order valence-electron chi connectivity index (χ2n) is 10.4. The van der Waals surface area contributed by atoms with E-state index in [0.29, 0.717) is 55.7 Å². The lowest BCUT2D eigenvalue weighted by atomic mass is 10.1. The Balaban J connectivity index is 1.52. The molecule has 0 aromatic heterocycles. The summed E-state index contributed by atoms with van der Waals surface area (Å²) in [4.78, 5) is 48.9. The van der Waals surface area contributed by atoms with Gasteiger partial charge in [-0.25, -0.2) is 0 Å². The second kappa shape index (κ2) is 16.4. The van der Waals surface area contributed by atoms with E-state index in [1.54, 1.807) is 33.0 Å². The molecule has 0 fully saturated rings. The van der Waals surface area contributed by atoms with Crippen LogP contribution in [0.15, 0.2) is 24.3 Å². The van der Waals surface area contributed by atoms with Crippen LogP contribution in [0.2, 0.25) is 0 Å². The van der Waals surface area contributed by atoms with Crippen LogP contribution in [0.4, 0.5) is 0 Å². The summed E-state index contributed by atoms with van der Waals surface area (Å²) in [6.07, 6.45) is 1.66. The minimum absolute atomic E-state index is 0.0367. The SMILES string of the molecule is CCOC(=O)CCC(=O)NCc1cc(OCCCOc2cc3c(cc2OC)CN(C(=O)C[C@H](C)C=O)C3)c(OC)cc1C. The lowest BCUT2D eigenvalue weighted by Crippen LogP contribution is -2.27. The number of fused-ring (bicyclic) bond motifs is 1. The highest BCUT2D eigenvalue weighted by Crippen LogP contribution is 2.36. The number of aldehydes is 1. The predicted octanol–water partition coefficient (Wildman–Crippen LogP) is 3.89. The van der Waals surface area contributed by atoms with Gasteiger partial charge < -0.3 is 38.7 Å². The molecule has 1 aliphatic rings. The molecular weight excluding hydrogens is 556 g/mol. The minimum Gasteiger partial charge on any atom is -0.493 e. The summed E-state index contributed by atoms with van der Waals surface area (Å²) in [5, 5.41) is 2.83. The molecule has 2 aromatic rings. The summed E-state index contributed by atoms with van der Waals surface area (Å²) in [5.41, 5.74) is 3.79. The number of hydrogen-bond acceptors (Lipinski definition) is 9. The van der Waals surface area contributed by atoms with E-state index in [-0.39, 0.29) is 50.1 Å². The molecule has 11 nitrogen and oxygen atoms in total. The molecule has 1 N–H and O–H groups in total. The zero-order valence-electron chi connectivity index (χ0n) is 25.7. The lowest BCUT2D eigenvalue weighted by Gasteiger charge is -2.16. The van der Waals surface area contributed by atoms with Crippen molar-refractivity contribution in [3.05, 3.63) is 46.5 Å². The van der Waals surface area contributed by atoms with Crippen molar-refractivity contribution in [3.63, 3.8) is 0 Å². The molecule has 0 spiro atoms. The first-order valence-electron chi connectivity index (χ1n) is 14.5. The number of esters is 1. The molecule has 1 atom stereocenters. The Bertz CT molecular complexity index is 1290. The maximum Gasteiger partial charge on any atom is 0.306 e. The van der Waals surface area contributed by atoms with Gasteiger partial charge in [-0.1, -0.05) is 6.92 Å². The molecule has 0 radical (unpaired) electrons. The number of rotatable bonds is 17. The normalized spacial score (nSPS) is 12.6. The van der Waals surface area contributed by atoms with Crippen LogP contribution in [0.25, 0.3) is 0 Å². The third-order valence-corrected chi connectivity index (χ3v) is 7.05. The maximum atomic E-state index is 12.6. The maximum absolute atomic E-state index is 12.6. The zero-order chi connectivity index (χ0) is 31.4. The number of carbonyl (C=O) groups excluding carboxylic acids is 4. The number of aryl methyl sites for hydroxylation is 1. The van der Waals surface area contributed by atoms with Gasteiger partial charge in [-0.15, -0.1) is 0 Å². The van der Waals surface area contributed by atoms with Crippen molar-refractivity contribution >= 4 is 24.1 Å². The van der Waals surface area contributed by atoms with Crippen molar-refractivity contribution in [2.75, 3.05) is 34.0 Å². The average Bonchev–Trinajstić information content (AvgIpc) is 3.42. The summed E-state index contributed by atoms with van der Waals surface area (Å²) in [7, 11) is 3.14. The number of ether oxygens (including phenoxy) is 5. The van der Waals surface area contributed by atoms with Crippen molar-refractivity contribution in [1.82, 2.24) is 10.2 Å². The predicted molar refractivity (Wildman–Crippen MR) is 158 cm³/mol. The molecule has 43 heavy (non-hydrogen) atoms. The molecule has 0 saturated heterocycles. The van der Waals surface area contributed by atoms with Gasteiger partial charge in [0.1, 0.15) is 6.29 Å². The topological polar surface area (TPSA) is 130 Å². The fraction of sp³-hybridized carbons (Fsp3) is 0.500. The molecule has 0 aliphatic carbocycles. The highest BCUT2D eigenvalue weighted by atomic mass is 16.5. The van der Waals surface area contributed by atoms with E-state index >= 15 is 0 Å². The van der Waals surface area contributed by atoms with Gasteiger partial charge >= 0.3 is 5.97 Å². The summed E-state index contributed by atoms with van der Waals surface area (Å²) in [5.74, 6) is 1.30. The first-order valence-corrected chi connectivity index (χ1v) is 14.5. The molecule has 2 aromatic carbocycles. The third-order valence-electron chi connectivity index (χ3n) is 7.05. The van der Waals surface area contributed by atoms with Crippen LogP contribution in [0.3, 0.4) is 0 Å². The Labute approximate surface area is 252 Å². The summed E-state index contributed by atoms with van der Waals surface area (Å²) < 4.78 is 27.9. The quantitative estimate of drug-likeness (QED) is 0.164. The molecule has 11 heteroatoms. The molecule has 234 valence electrons. The Morgan fingerprint density at radius 3 is 2.14 bits per heavy atom. The molecule has 0 unspecified atom stereocenters. The summed E-state index contributed by atoms with van der Waals surface area (Å²) in [6.45, 7) is 7.61. The molecular formula is C32H42N2O9. The van der Waals surface area contributed by atoms with E-state index in [0.717, 1.165) is 28.5 Å². The number of carbonyl (C=O) groups is 4. The monoisotopic (exact) mass is 598 g/mol. The number of nitrogens with zero attached hydrogens (tertiary/aromatic N) is 1. The molecule has 1 heterocycles. The Kier molecular flexibility index (Phi) is 12.7. The smallest absolute Gasteiger partial charge is 0.306 e. The summed E-state index contributed by atoms with van der Waals surface area (Å²) in [6, 6.07) is 7.50. The van der Waals surface area contributed by atoms with Crippen LogP contribution in [-0.4, -0.2) is 63.0 Å². The van der Waals surface area contributed by atoms with Crippen LogP contribution < -0.4 is 24.3 Å². The highest BCUT2D eigenvalue weighted by Gasteiger charge is 2.26. The van der Waals surface area contributed by atoms with Crippen molar-refractivity contribution in [1.29, 1.82) is 0 Å². The number of nitrogens with one attached hydrogen (secondary N) is 1. The molecule has 0 bridgehead atoms. The minimum atomic E-state index is -0.396. The fourth-order valence-corrected chi connectivity index (χ4v) is 4.63. The van der Waals surface area contributed by atoms with Crippen LogP contribution in [-0.2, 0) is 43.5 Å². The molecule has 1 aliphatic heterocycles. The van der Waals surface area contributed by atoms with E-state index in [1.807, 2.05) is 31.2 Å². The van der Waals surface area contributed by atoms with Crippen molar-refractivity contribution < 1.29 is 42.9 Å². The second-order valence-corrected chi connectivity index (χ2v) is 10.4. The van der Waals surface area contributed by atoms with E-state index in [2.05, 4.69) is 5.32 Å². The number of amides is 2. The van der Waals surface area contributed by atoms with Gasteiger partial charge in [-0.05, 0) is 60.4 Å². The molecule has 2 amide bonds. The Morgan fingerprint density at radius 1 is 0.930 bits per heavy atom. The van der Waals surface area contributed by atoms with Gasteiger partial charge in [0.25, 0.3) is 0 Å². The van der Waals surface area contributed by atoms with Crippen molar-refractivity contribution in [2.24, 2.45) is 5.92 Å². The standard InChI is InChI=1S/C32H42N2O9/c1-6-41-32(38)9-8-30(36)33-17-23-14-28(26(39-4)13-22(23)3)42-10-7-11-43-29-16-25-19-34(31(37)12-21(2)20-35)18-24(25)15-27(29)40-5/h13-16,20-21H,6-12,17-19H2,1-5H3,(H,33,36)/t21-/m0/s1. The van der Waals surface area contributed by atoms with Gasteiger partial charge in [-0.3, -0.25) is 14.4 Å². The van der Waals surface area contributed by atoms with Gasteiger partial charge in [0, 0.05) is 44.8 Å². The van der Waals surface area contributed by atoms with Crippen LogP contribution in [0, 0.1) is 12.8 Å². The van der Waals surface area contributed by atoms with E-state index in [1.165, 1.54) is 0 Å².